The van der Waals surface area contributed by atoms with Crippen molar-refractivity contribution >= 4 is 29.1 Å². The molecule has 4 N–H and O–H groups in total. The molecule has 12 nitrogen and oxygen atoms in total. The van der Waals surface area contributed by atoms with E-state index < -0.39 is 29.2 Å². The lowest BCUT2D eigenvalue weighted by molar-refractivity contribution is -0.138. The van der Waals surface area contributed by atoms with Gasteiger partial charge in [0.15, 0.2) is 5.69 Å². The van der Waals surface area contributed by atoms with Crippen LogP contribution in [0.2, 0.25) is 0 Å². The molecule has 0 aliphatic carbocycles. The number of aryl methyl sites for hydroxylation is 2. The van der Waals surface area contributed by atoms with Crippen LogP contribution in [0.25, 0.3) is 0 Å². The van der Waals surface area contributed by atoms with E-state index in [0.717, 1.165) is 44.3 Å². The SMILES string of the molecule is C.Cc1ccc(OS(=O)NC(CNC(=O)c2cc3n(n2)CCCN(CCC2CCNCC2)C3=O)C(=O)O)cc1. The normalized spacial score (nSPS) is 17.4. The Hall–Kier alpha value is -3.29. The fourth-order valence-corrected chi connectivity index (χ4v) is 5.30. The number of nitrogens with zero attached hydrogens (tertiary/aromatic N) is 3. The summed E-state index contributed by atoms with van der Waals surface area (Å²) in [7, 11) is 0. The molecule has 0 bridgehead atoms. The van der Waals surface area contributed by atoms with Crippen molar-refractivity contribution in [3.63, 3.8) is 0 Å². The Kier molecular flexibility index (Phi) is 11.0. The summed E-state index contributed by atoms with van der Waals surface area (Å²) in [6.45, 7) is 5.37. The van der Waals surface area contributed by atoms with E-state index in [4.69, 9.17) is 4.18 Å². The molecule has 2 aromatic rings. The molecule has 0 spiro atoms. The number of aromatic nitrogens is 2. The van der Waals surface area contributed by atoms with Crippen LogP contribution in [0.15, 0.2) is 30.3 Å². The first-order valence-corrected chi connectivity index (χ1v) is 13.9. The number of benzene rings is 1. The number of piperidine rings is 1. The van der Waals surface area contributed by atoms with Gasteiger partial charge >= 0.3 is 5.97 Å². The second-order valence-electron chi connectivity index (χ2n) is 9.62. The Bertz CT molecular complexity index is 1160. The first-order chi connectivity index (χ1) is 18.3. The predicted molar refractivity (Wildman–Crippen MR) is 147 cm³/mol. The van der Waals surface area contributed by atoms with Crippen molar-refractivity contribution in [3.05, 3.63) is 47.3 Å². The zero-order valence-corrected chi connectivity index (χ0v) is 22.2. The molecule has 214 valence electrons. The van der Waals surface area contributed by atoms with Gasteiger partial charge in [0, 0.05) is 32.2 Å². The van der Waals surface area contributed by atoms with E-state index in [-0.39, 0.29) is 25.6 Å². The minimum Gasteiger partial charge on any atom is -0.480 e. The highest BCUT2D eigenvalue weighted by Gasteiger charge is 2.28. The lowest BCUT2D eigenvalue weighted by atomic mass is 9.94. The van der Waals surface area contributed by atoms with Crippen molar-refractivity contribution in [2.75, 3.05) is 32.7 Å². The molecule has 0 saturated carbocycles. The number of hydrogen-bond donors (Lipinski definition) is 4. The molecule has 3 heterocycles. The number of carboxylic acid groups (broad SMARTS) is 1. The molecule has 2 amide bonds. The average molecular weight is 563 g/mol. The molecule has 1 aromatic heterocycles. The number of hydrogen-bond acceptors (Lipinski definition) is 7. The molecule has 2 aliphatic rings. The number of nitrogens with one attached hydrogen (secondary N) is 3. The van der Waals surface area contributed by atoms with E-state index in [1.165, 1.54) is 6.07 Å². The van der Waals surface area contributed by atoms with E-state index in [2.05, 4.69) is 20.5 Å². The summed E-state index contributed by atoms with van der Waals surface area (Å²) < 4.78 is 21.4. The van der Waals surface area contributed by atoms with Crippen LogP contribution in [0.4, 0.5) is 0 Å². The maximum atomic E-state index is 13.2. The Labute approximate surface area is 231 Å². The number of carbonyl (C=O) groups is 3. The molecule has 4 rings (SSSR count). The van der Waals surface area contributed by atoms with Gasteiger partial charge < -0.3 is 24.8 Å². The van der Waals surface area contributed by atoms with Gasteiger partial charge in [-0.05, 0) is 63.7 Å². The van der Waals surface area contributed by atoms with Gasteiger partial charge in [-0.2, -0.15) is 14.0 Å². The summed E-state index contributed by atoms with van der Waals surface area (Å²) in [5.74, 6) is -1.18. The highest BCUT2D eigenvalue weighted by atomic mass is 32.2. The average Bonchev–Trinajstić information content (AvgIpc) is 3.28. The molecule has 2 unspecified atom stereocenters. The Balaban J connectivity index is 0.00000420. The predicted octanol–water partition coefficient (Wildman–Crippen LogP) is 1.49. The smallest absolute Gasteiger partial charge is 0.323 e. The van der Waals surface area contributed by atoms with Gasteiger partial charge in [0.1, 0.15) is 17.5 Å². The topological polar surface area (TPSA) is 155 Å². The molecular weight excluding hydrogens is 524 g/mol. The zero-order valence-electron chi connectivity index (χ0n) is 21.4. The number of carbonyl (C=O) groups excluding carboxylic acids is 2. The minimum atomic E-state index is -2.15. The number of carboxylic acids is 1. The highest BCUT2D eigenvalue weighted by molar-refractivity contribution is 7.78. The second kappa shape index (κ2) is 14.2. The summed E-state index contributed by atoms with van der Waals surface area (Å²) in [6.07, 6.45) is 3.91. The second-order valence-corrected chi connectivity index (χ2v) is 10.5. The molecule has 39 heavy (non-hydrogen) atoms. The maximum absolute atomic E-state index is 13.2. The number of amides is 2. The van der Waals surface area contributed by atoms with Crippen molar-refractivity contribution in [1.82, 2.24) is 30.0 Å². The summed E-state index contributed by atoms with van der Waals surface area (Å²) in [5, 5.41) is 19.6. The number of aliphatic carboxylic acids is 1. The van der Waals surface area contributed by atoms with Crippen molar-refractivity contribution < 1.29 is 27.9 Å². The third-order valence-electron chi connectivity index (χ3n) is 6.78. The van der Waals surface area contributed by atoms with Crippen LogP contribution in [0, 0.1) is 12.8 Å². The third-order valence-corrected chi connectivity index (χ3v) is 7.60. The van der Waals surface area contributed by atoms with E-state index in [0.29, 0.717) is 37.0 Å². The van der Waals surface area contributed by atoms with Crippen LogP contribution in [0.3, 0.4) is 0 Å². The van der Waals surface area contributed by atoms with E-state index in [1.807, 2.05) is 11.8 Å². The molecule has 1 aromatic carbocycles. The number of rotatable bonds is 11. The lowest BCUT2D eigenvalue weighted by Gasteiger charge is -2.26. The molecule has 1 fully saturated rings. The Morgan fingerprint density at radius 2 is 1.95 bits per heavy atom. The molecule has 0 radical (unpaired) electrons. The largest absolute Gasteiger partial charge is 0.480 e. The standard InChI is InChI=1S/C25H34N6O6S.CH4/c1-17-3-5-19(6-4-17)37-38(36)29-21(25(34)35)16-27-23(32)20-15-22-24(33)30(12-2-13-31(22)28-20)14-9-18-7-10-26-11-8-18;/h3-6,15,18,21,26,29H,2,7-14,16H2,1H3,(H,27,32)(H,34,35);1H4. The molecule has 2 atom stereocenters. The van der Waals surface area contributed by atoms with Crippen LogP contribution in [0.1, 0.15) is 59.7 Å². The van der Waals surface area contributed by atoms with Crippen LogP contribution in [0.5, 0.6) is 5.75 Å². The van der Waals surface area contributed by atoms with E-state index in [9.17, 15) is 23.7 Å². The van der Waals surface area contributed by atoms with Gasteiger partial charge in [-0.1, -0.05) is 25.1 Å². The molecule has 2 aliphatic heterocycles. The fourth-order valence-electron chi connectivity index (χ4n) is 4.55. The molecule has 13 heteroatoms. The number of fused-ring (bicyclic) bond motifs is 1. The van der Waals surface area contributed by atoms with Crippen molar-refractivity contribution in [3.8, 4) is 5.75 Å². The summed E-state index contributed by atoms with van der Waals surface area (Å²) >= 11 is -2.15. The summed E-state index contributed by atoms with van der Waals surface area (Å²) in [5.41, 5.74) is 1.36. The van der Waals surface area contributed by atoms with Crippen molar-refractivity contribution in [1.29, 1.82) is 0 Å². The van der Waals surface area contributed by atoms with Crippen molar-refractivity contribution in [2.24, 2.45) is 5.92 Å². The molecule has 1 saturated heterocycles. The van der Waals surface area contributed by atoms with Crippen LogP contribution < -0.4 is 19.5 Å². The lowest BCUT2D eigenvalue weighted by Crippen LogP contribution is -2.47. The van der Waals surface area contributed by atoms with Gasteiger partial charge in [-0.15, -0.1) is 0 Å². The van der Waals surface area contributed by atoms with Crippen LogP contribution >= 0.6 is 0 Å². The summed E-state index contributed by atoms with van der Waals surface area (Å²) in [4.78, 5) is 39.4. The van der Waals surface area contributed by atoms with Crippen LogP contribution in [-0.2, 0) is 22.6 Å². The quantitative estimate of drug-likeness (QED) is 0.321. The Morgan fingerprint density at radius 3 is 2.64 bits per heavy atom. The van der Waals surface area contributed by atoms with Gasteiger partial charge in [-0.3, -0.25) is 19.1 Å². The van der Waals surface area contributed by atoms with Gasteiger partial charge in [0.2, 0.25) is 0 Å². The Morgan fingerprint density at radius 1 is 1.23 bits per heavy atom. The summed E-state index contributed by atoms with van der Waals surface area (Å²) in [6, 6.07) is 6.84. The van der Waals surface area contributed by atoms with Gasteiger partial charge in [0.05, 0.1) is 0 Å². The first kappa shape index (κ1) is 30.3. The first-order valence-electron chi connectivity index (χ1n) is 12.8. The van der Waals surface area contributed by atoms with Crippen molar-refractivity contribution in [2.45, 2.75) is 52.6 Å². The highest BCUT2D eigenvalue weighted by Crippen LogP contribution is 2.19. The molecular formula is C26H38N6O6S. The minimum absolute atomic E-state index is 0. The van der Waals surface area contributed by atoms with Crippen LogP contribution in [-0.4, -0.2) is 80.5 Å². The van der Waals surface area contributed by atoms with E-state index in [1.54, 1.807) is 28.9 Å². The van der Waals surface area contributed by atoms with E-state index >= 15 is 0 Å². The maximum Gasteiger partial charge on any atom is 0.323 e. The fraction of sp³-hybridized carbons (Fsp3) is 0.538. The zero-order chi connectivity index (χ0) is 27.1. The van der Waals surface area contributed by atoms with Gasteiger partial charge in [0.25, 0.3) is 23.1 Å². The monoisotopic (exact) mass is 562 g/mol. The van der Waals surface area contributed by atoms with Gasteiger partial charge in [-0.25, -0.2) is 0 Å². The third kappa shape index (κ3) is 8.35.